The lowest BCUT2D eigenvalue weighted by Crippen LogP contribution is -2.44. The van der Waals surface area contributed by atoms with Gasteiger partial charge in [0.1, 0.15) is 11.4 Å². The van der Waals surface area contributed by atoms with Crippen LogP contribution in [0.1, 0.15) is 41.1 Å². The van der Waals surface area contributed by atoms with Crippen molar-refractivity contribution in [3.8, 4) is 11.5 Å². The number of hydrogen-bond donors (Lipinski definition) is 1. The molecule has 0 unspecified atom stereocenters. The van der Waals surface area contributed by atoms with E-state index in [1.54, 1.807) is 21.1 Å². The quantitative estimate of drug-likeness (QED) is 0.483. The van der Waals surface area contributed by atoms with E-state index in [1.807, 2.05) is 23.1 Å². The van der Waals surface area contributed by atoms with Gasteiger partial charge >= 0.3 is 0 Å². The number of benzene rings is 1. The van der Waals surface area contributed by atoms with Crippen LogP contribution in [-0.4, -0.2) is 60.1 Å². The molecule has 1 saturated heterocycles. The summed E-state index contributed by atoms with van der Waals surface area (Å²) in [5.74, 6) is 1.84. The Morgan fingerprint density at radius 3 is 2.51 bits per heavy atom. The number of piperidine rings is 1. The molecule has 2 aromatic heterocycles. The molecule has 9 nitrogen and oxygen atoms in total. The highest BCUT2D eigenvalue weighted by Crippen LogP contribution is 2.28. The molecule has 37 heavy (non-hydrogen) atoms. The molecule has 3 heterocycles. The summed E-state index contributed by atoms with van der Waals surface area (Å²) in [5.41, 5.74) is 1.29. The molecule has 0 spiro atoms. The van der Waals surface area contributed by atoms with Crippen molar-refractivity contribution in [3.05, 3.63) is 50.9 Å². The molecule has 1 aliphatic heterocycles. The standard InChI is InChI=1S/C27H34N4O5S/c1-16-10-17(2)13-30(12-16)22(32)14-31-15-29-26-23(27(31)34)18(3)24(37-26)25(33)28-9-8-19-6-7-20(35-4)21(11-19)36-5/h6-7,11,15-17H,8-10,12-14H2,1-5H3,(H,28,33)/t16-,17-/m0/s1. The van der Waals surface area contributed by atoms with Crippen LogP contribution < -0.4 is 20.3 Å². The number of rotatable bonds is 8. The maximum absolute atomic E-state index is 13.2. The Hall–Kier alpha value is -3.40. The lowest BCUT2D eigenvalue weighted by molar-refractivity contribution is -0.134. The normalized spacial score (nSPS) is 17.6. The second-order valence-electron chi connectivity index (χ2n) is 9.85. The topological polar surface area (TPSA) is 103 Å². The van der Waals surface area contributed by atoms with Gasteiger partial charge in [0.05, 0.1) is 30.8 Å². The number of hydrogen-bond acceptors (Lipinski definition) is 7. The molecule has 0 saturated carbocycles. The van der Waals surface area contributed by atoms with E-state index in [0.717, 1.165) is 12.0 Å². The number of thiophene rings is 1. The molecule has 1 aromatic carbocycles. The fourth-order valence-electron chi connectivity index (χ4n) is 5.04. The number of nitrogens with zero attached hydrogens (tertiary/aromatic N) is 3. The minimum absolute atomic E-state index is 0.0522. The summed E-state index contributed by atoms with van der Waals surface area (Å²) in [6.45, 7) is 7.82. The van der Waals surface area contributed by atoms with Crippen LogP contribution in [0, 0.1) is 18.8 Å². The van der Waals surface area contributed by atoms with E-state index < -0.39 is 0 Å². The lowest BCUT2D eigenvalue weighted by Gasteiger charge is -2.35. The number of likely N-dealkylation sites (tertiary alicyclic amines) is 1. The first kappa shape index (κ1) is 26.7. The summed E-state index contributed by atoms with van der Waals surface area (Å²) < 4.78 is 12.0. The van der Waals surface area contributed by atoms with Crippen LogP contribution in [0.3, 0.4) is 0 Å². The first-order valence-electron chi connectivity index (χ1n) is 12.5. The van der Waals surface area contributed by atoms with Crippen molar-refractivity contribution in [1.29, 1.82) is 0 Å². The van der Waals surface area contributed by atoms with E-state index >= 15 is 0 Å². The van der Waals surface area contributed by atoms with E-state index in [2.05, 4.69) is 24.1 Å². The van der Waals surface area contributed by atoms with E-state index in [4.69, 9.17) is 9.47 Å². The molecule has 1 aliphatic rings. The van der Waals surface area contributed by atoms with Gasteiger partial charge in [-0.3, -0.25) is 19.0 Å². The summed E-state index contributed by atoms with van der Waals surface area (Å²) >= 11 is 1.19. The highest BCUT2D eigenvalue weighted by molar-refractivity contribution is 7.20. The van der Waals surface area contributed by atoms with Crippen LogP contribution in [0.5, 0.6) is 11.5 Å². The van der Waals surface area contributed by atoms with Crippen LogP contribution in [0.4, 0.5) is 0 Å². The molecular weight excluding hydrogens is 492 g/mol. The van der Waals surface area contributed by atoms with E-state index in [-0.39, 0.29) is 23.9 Å². The number of nitrogens with one attached hydrogen (secondary N) is 1. The smallest absolute Gasteiger partial charge is 0.262 e. The Morgan fingerprint density at radius 2 is 1.84 bits per heavy atom. The molecule has 0 aliphatic carbocycles. The fraction of sp³-hybridized carbons (Fsp3) is 0.481. The predicted molar refractivity (Wildman–Crippen MR) is 144 cm³/mol. The maximum Gasteiger partial charge on any atom is 0.262 e. The minimum Gasteiger partial charge on any atom is -0.493 e. The van der Waals surface area contributed by atoms with E-state index in [9.17, 15) is 14.4 Å². The van der Waals surface area contributed by atoms with Crippen molar-refractivity contribution in [1.82, 2.24) is 19.8 Å². The molecular formula is C27H34N4O5S. The van der Waals surface area contributed by atoms with Gasteiger partial charge in [-0.05, 0) is 54.9 Å². The molecule has 10 heteroatoms. The second-order valence-corrected chi connectivity index (χ2v) is 10.9. The highest BCUT2D eigenvalue weighted by atomic mass is 32.1. The molecule has 2 atom stereocenters. The summed E-state index contributed by atoms with van der Waals surface area (Å²) in [6, 6.07) is 5.64. The number of carbonyl (C=O) groups is 2. The van der Waals surface area contributed by atoms with E-state index in [1.165, 1.54) is 22.2 Å². The number of fused-ring (bicyclic) bond motifs is 1. The molecule has 4 rings (SSSR count). The summed E-state index contributed by atoms with van der Waals surface area (Å²) in [6.07, 6.45) is 3.12. The second kappa shape index (κ2) is 11.3. The predicted octanol–water partition coefficient (Wildman–Crippen LogP) is 3.26. The van der Waals surface area contributed by atoms with Crippen molar-refractivity contribution in [2.75, 3.05) is 33.9 Å². The molecule has 2 amide bonds. The SMILES string of the molecule is COc1ccc(CCNC(=O)c2sc3ncn(CC(=O)N4C[C@@H](C)C[C@H](C)C4)c(=O)c3c2C)cc1OC. The Balaban J connectivity index is 1.45. The van der Waals surface area contributed by atoms with Crippen molar-refractivity contribution in [2.24, 2.45) is 11.8 Å². The largest absolute Gasteiger partial charge is 0.493 e. The van der Waals surface area contributed by atoms with Crippen molar-refractivity contribution in [3.63, 3.8) is 0 Å². The van der Waals surface area contributed by atoms with Crippen molar-refractivity contribution < 1.29 is 19.1 Å². The maximum atomic E-state index is 13.2. The molecule has 0 radical (unpaired) electrons. The number of aryl methyl sites for hydroxylation is 1. The Bertz CT molecular complexity index is 1350. The number of carbonyl (C=O) groups excluding carboxylic acids is 2. The first-order valence-corrected chi connectivity index (χ1v) is 13.3. The zero-order valence-corrected chi connectivity index (χ0v) is 22.8. The molecule has 3 aromatic rings. The highest BCUT2D eigenvalue weighted by Gasteiger charge is 2.26. The van der Waals surface area contributed by atoms with Gasteiger partial charge in [-0.15, -0.1) is 11.3 Å². The monoisotopic (exact) mass is 526 g/mol. The molecule has 0 bridgehead atoms. The van der Waals surface area contributed by atoms with Gasteiger partial charge in [0.2, 0.25) is 5.91 Å². The van der Waals surface area contributed by atoms with Crippen LogP contribution in [0.15, 0.2) is 29.3 Å². The van der Waals surface area contributed by atoms with Crippen LogP contribution in [0.2, 0.25) is 0 Å². The summed E-state index contributed by atoms with van der Waals surface area (Å²) in [4.78, 5) is 46.3. The van der Waals surface area contributed by atoms with E-state index in [0.29, 0.717) is 70.0 Å². The molecule has 198 valence electrons. The van der Waals surface area contributed by atoms with Crippen LogP contribution in [-0.2, 0) is 17.8 Å². The zero-order chi connectivity index (χ0) is 26.7. The Kier molecular flexibility index (Phi) is 8.16. The van der Waals surface area contributed by atoms with Crippen molar-refractivity contribution in [2.45, 2.75) is 40.2 Å². The Labute approximate surface area is 220 Å². The molecule has 1 N–H and O–H groups in total. The molecule has 1 fully saturated rings. The average Bonchev–Trinajstić information content (AvgIpc) is 3.21. The minimum atomic E-state index is -0.297. The van der Waals surface area contributed by atoms with Gasteiger partial charge in [-0.25, -0.2) is 4.98 Å². The van der Waals surface area contributed by atoms with Crippen molar-refractivity contribution >= 4 is 33.4 Å². The van der Waals surface area contributed by atoms with Gasteiger partial charge < -0.3 is 19.7 Å². The number of ether oxygens (including phenoxy) is 2. The zero-order valence-electron chi connectivity index (χ0n) is 22.0. The summed E-state index contributed by atoms with van der Waals surface area (Å²) in [5, 5.41) is 3.33. The van der Waals surface area contributed by atoms with Crippen LogP contribution in [0.25, 0.3) is 10.2 Å². The lowest BCUT2D eigenvalue weighted by atomic mass is 9.92. The van der Waals surface area contributed by atoms with Gasteiger partial charge in [-0.2, -0.15) is 0 Å². The fourth-order valence-corrected chi connectivity index (χ4v) is 6.09. The third kappa shape index (κ3) is 5.79. The van der Waals surface area contributed by atoms with Gasteiger partial charge in [0.15, 0.2) is 11.5 Å². The van der Waals surface area contributed by atoms with Crippen LogP contribution >= 0.6 is 11.3 Å². The van der Waals surface area contributed by atoms with Gasteiger partial charge in [-0.1, -0.05) is 19.9 Å². The summed E-state index contributed by atoms with van der Waals surface area (Å²) in [7, 11) is 3.17. The third-order valence-electron chi connectivity index (χ3n) is 6.80. The van der Waals surface area contributed by atoms with Gasteiger partial charge in [0.25, 0.3) is 11.5 Å². The number of amides is 2. The number of aromatic nitrogens is 2. The third-order valence-corrected chi connectivity index (χ3v) is 8.00. The van der Waals surface area contributed by atoms with Gasteiger partial charge in [0, 0.05) is 19.6 Å². The Morgan fingerprint density at radius 1 is 1.14 bits per heavy atom. The first-order chi connectivity index (χ1) is 17.7. The average molecular weight is 527 g/mol. The number of methoxy groups -OCH3 is 2.